The zero-order valence-electron chi connectivity index (χ0n) is 14.6. The van der Waals surface area contributed by atoms with Crippen molar-refractivity contribution in [2.45, 2.75) is 24.9 Å². The summed E-state index contributed by atoms with van der Waals surface area (Å²) in [5, 5.41) is 3.42. The largest absolute Gasteiger partial charge is 0.357 e. The fourth-order valence-corrected chi connectivity index (χ4v) is 3.91. The number of halogens is 1. The fraction of sp³-hybridized carbons (Fsp3) is 0.316. The predicted octanol–water partition coefficient (Wildman–Crippen LogP) is 2.39. The van der Waals surface area contributed by atoms with E-state index in [4.69, 9.17) is 11.6 Å². The van der Waals surface area contributed by atoms with Crippen molar-refractivity contribution < 1.29 is 14.4 Å². The molecule has 8 heteroatoms. The molecule has 2 aliphatic heterocycles. The molecule has 0 unspecified atom stereocenters. The average Bonchev–Trinajstić information content (AvgIpc) is 3.26. The molecule has 0 radical (unpaired) electrons. The number of hydrogen-bond donors (Lipinski definition) is 2. The monoisotopic (exact) mass is 386 g/mol. The SMILES string of the molecule is O=C(c1ccc[nH]1)N1CCC2(CC1)NC(=O)N(Cc1cccc(Cl)c1)C2=O. The van der Waals surface area contributed by atoms with Gasteiger partial charge >= 0.3 is 6.03 Å². The third kappa shape index (κ3) is 3.19. The van der Waals surface area contributed by atoms with Gasteiger partial charge in [-0.3, -0.25) is 14.5 Å². The van der Waals surface area contributed by atoms with Crippen molar-refractivity contribution in [3.63, 3.8) is 0 Å². The third-order valence-corrected chi connectivity index (χ3v) is 5.44. The highest BCUT2D eigenvalue weighted by molar-refractivity contribution is 6.30. The molecular weight excluding hydrogens is 368 g/mol. The Balaban J connectivity index is 1.45. The summed E-state index contributed by atoms with van der Waals surface area (Å²) in [4.78, 5) is 43.7. The van der Waals surface area contributed by atoms with Crippen molar-refractivity contribution in [3.05, 3.63) is 58.9 Å². The number of benzene rings is 1. The normalized spacial score (nSPS) is 18.9. The van der Waals surface area contributed by atoms with Crippen LogP contribution in [0.25, 0.3) is 0 Å². The number of imide groups is 1. The molecule has 2 aromatic rings. The molecule has 2 N–H and O–H groups in total. The summed E-state index contributed by atoms with van der Waals surface area (Å²) in [5.41, 5.74) is 0.389. The van der Waals surface area contributed by atoms with Crippen LogP contribution in [-0.2, 0) is 11.3 Å². The second kappa shape index (κ2) is 6.74. The lowest BCUT2D eigenvalue weighted by Gasteiger charge is -2.37. The molecule has 1 aromatic carbocycles. The van der Waals surface area contributed by atoms with Gasteiger partial charge in [0.05, 0.1) is 6.54 Å². The van der Waals surface area contributed by atoms with Gasteiger partial charge in [0.15, 0.2) is 0 Å². The molecule has 2 saturated heterocycles. The Labute approximate surface area is 161 Å². The highest BCUT2D eigenvalue weighted by atomic mass is 35.5. The number of hydrogen-bond acceptors (Lipinski definition) is 3. The molecule has 0 saturated carbocycles. The summed E-state index contributed by atoms with van der Waals surface area (Å²) in [7, 11) is 0. The van der Waals surface area contributed by atoms with Crippen LogP contribution in [0.1, 0.15) is 28.9 Å². The van der Waals surface area contributed by atoms with E-state index in [1.165, 1.54) is 4.90 Å². The van der Waals surface area contributed by atoms with Gasteiger partial charge in [0.25, 0.3) is 11.8 Å². The second-order valence-electron chi connectivity index (χ2n) is 6.91. The second-order valence-corrected chi connectivity index (χ2v) is 7.35. The lowest BCUT2D eigenvalue weighted by molar-refractivity contribution is -0.133. The molecule has 140 valence electrons. The minimum Gasteiger partial charge on any atom is -0.357 e. The van der Waals surface area contributed by atoms with E-state index < -0.39 is 11.6 Å². The summed E-state index contributed by atoms with van der Waals surface area (Å²) in [6, 6.07) is 10.2. The maximum atomic E-state index is 13.0. The molecule has 7 nitrogen and oxygen atoms in total. The zero-order chi connectivity index (χ0) is 19.0. The summed E-state index contributed by atoms with van der Waals surface area (Å²) < 4.78 is 0. The van der Waals surface area contributed by atoms with Crippen LogP contribution in [-0.4, -0.2) is 51.3 Å². The Hall–Kier alpha value is -2.80. The first-order valence-electron chi connectivity index (χ1n) is 8.80. The number of nitrogens with zero attached hydrogens (tertiary/aromatic N) is 2. The Morgan fingerprint density at radius 3 is 2.59 bits per heavy atom. The molecule has 1 spiro atoms. The van der Waals surface area contributed by atoms with Crippen LogP contribution in [0.5, 0.6) is 0 Å². The molecule has 27 heavy (non-hydrogen) atoms. The van der Waals surface area contributed by atoms with Crippen LogP contribution in [0, 0.1) is 0 Å². The Bertz CT molecular complexity index is 888. The van der Waals surface area contributed by atoms with Crippen LogP contribution in [0.3, 0.4) is 0 Å². The van der Waals surface area contributed by atoms with Gasteiger partial charge in [0.2, 0.25) is 0 Å². The van der Waals surface area contributed by atoms with Gasteiger partial charge < -0.3 is 15.2 Å². The van der Waals surface area contributed by atoms with Crippen molar-refractivity contribution in [3.8, 4) is 0 Å². The zero-order valence-corrected chi connectivity index (χ0v) is 15.3. The quantitative estimate of drug-likeness (QED) is 0.794. The van der Waals surface area contributed by atoms with Crippen molar-refractivity contribution in [1.82, 2.24) is 20.1 Å². The van der Waals surface area contributed by atoms with Gasteiger partial charge in [-0.05, 0) is 42.7 Å². The summed E-state index contributed by atoms with van der Waals surface area (Å²) >= 11 is 5.99. The molecule has 2 aliphatic rings. The highest BCUT2D eigenvalue weighted by Crippen LogP contribution is 2.31. The van der Waals surface area contributed by atoms with Gasteiger partial charge in [-0.1, -0.05) is 23.7 Å². The number of rotatable bonds is 3. The molecule has 0 aliphatic carbocycles. The standard InChI is InChI=1S/C19H19ClN4O3/c20-14-4-1-3-13(11-14)12-24-17(26)19(22-18(24)27)6-9-23(10-7-19)16(25)15-5-2-8-21-15/h1-5,8,11,21H,6-7,9-10,12H2,(H,22,27). The van der Waals surface area contributed by atoms with Crippen LogP contribution in [0.2, 0.25) is 5.02 Å². The first kappa shape index (κ1) is 17.6. The summed E-state index contributed by atoms with van der Waals surface area (Å²) in [6.07, 6.45) is 2.50. The molecule has 2 fully saturated rings. The lowest BCUT2D eigenvalue weighted by atomic mass is 9.87. The van der Waals surface area contributed by atoms with Crippen molar-refractivity contribution in [1.29, 1.82) is 0 Å². The number of carbonyl (C=O) groups is 3. The van der Waals surface area contributed by atoms with E-state index in [2.05, 4.69) is 10.3 Å². The first-order valence-corrected chi connectivity index (χ1v) is 9.17. The number of nitrogens with one attached hydrogen (secondary N) is 2. The molecule has 4 rings (SSSR count). The lowest BCUT2D eigenvalue weighted by Crippen LogP contribution is -2.55. The maximum absolute atomic E-state index is 13.0. The fourth-order valence-electron chi connectivity index (χ4n) is 3.70. The van der Waals surface area contributed by atoms with E-state index in [0.717, 1.165) is 5.56 Å². The van der Waals surface area contributed by atoms with Crippen LogP contribution in [0.15, 0.2) is 42.6 Å². The molecule has 1 aromatic heterocycles. The van der Waals surface area contributed by atoms with Gasteiger partial charge in [-0.25, -0.2) is 4.79 Å². The van der Waals surface area contributed by atoms with E-state index in [9.17, 15) is 14.4 Å². The van der Waals surface area contributed by atoms with Crippen LogP contribution < -0.4 is 5.32 Å². The van der Waals surface area contributed by atoms with Gasteiger partial charge in [-0.2, -0.15) is 0 Å². The van der Waals surface area contributed by atoms with E-state index in [0.29, 0.717) is 36.6 Å². The summed E-state index contributed by atoms with van der Waals surface area (Å²) in [6.45, 7) is 1.00. The topological polar surface area (TPSA) is 85.5 Å². The van der Waals surface area contributed by atoms with E-state index in [1.807, 2.05) is 6.07 Å². The summed E-state index contributed by atoms with van der Waals surface area (Å²) in [5.74, 6) is -0.332. The van der Waals surface area contributed by atoms with Crippen molar-refractivity contribution >= 4 is 29.4 Å². The molecule has 0 atom stereocenters. The average molecular weight is 387 g/mol. The first-order chi connectivity index (χ1) is 13.0. The van der Waals surface area contributed by atoms with Gasteiger partial charge in [0.1, 0.15) is 11.2 Å². The Kier molecular flexibility index (Phi) is 4.39. The number of aromatic nitrogens is 1. The van der Waals surface area contributed by atoms with Gasteiger partial charge in [-0.15, -0.1) is 0 Å². The number of urea groups is 1. The van der Waals surface area contributed by atoms with Crippen molar-refractivity contribution in [2.24, 2.45) is 0 Å². The van der Waals surface area contributed by atoms with Crippen LogP contribution in [0.4, 0.5) is 4.79 Å². The number of likely N-dealkylation sites (tertiary alicyclic amines) is 1. The maximum Gasteiger partial charge on any atom is 0.325 e. The number of H-pyrrole nitrogens is 1. The molecule has 0 bridgehead atoms. The minimum absolute atomic E-state index is 0.0950. The predicted molar refractivity (Wildman–Crippen MR) is 99.2 cm³/mol. The highest BCUT2D eigenvalue weighted by Gasteiger charge is 2.52. The number of aromatic amines is 1. The van der Waals surface area contributed by atoms with Gasteiger partial charge in [0, 0.05) is 24.3 Å². The number of carbonyl (C=O) groups excluding carboxylic acids is 3. The van der Waals surface area contributed by atoms with Crippen molar-refractivity contribution in [2.75, 3.05) is 13.1 Å². The number of piperidine rings is 1. The molecule has 3 heterocycles. The van der Waals surface area contributed by atoms with E-state index in [-0.39, 0.29) is 18.4 Å². The smallest absolute Gasteiger partial charge is 0.325 e. The Morgan fingerprint density at radius 1 is 1.15 bits per heavy atom. The van der Waals surface area contributed by atoms with E-state index in [1.54, 1.807) is 41.4 Å². The molecular formula is C19H19ClN4O3. The molecule has 4 amide bonds. The minimum atomic E-state index is -0.928. The van der Waals surface area contributed by atoms with Crippen LogP contribution >= 0.6 is 11.6 Å². The Morgan fingerprint density at radius 2 is 1.93 bits per heavy atom. The third-order valence-electron chi connectivity index (χ3n) is 5.21. The number of amides is 4. The van der Waals surface area contributed by atoms with E-state index >= 15 is 0 Å².